The maximum Gasteiger partial charge on any atom is 0.00395 e. The van der Waals surface area contributed by atoms with Gasteiger partial charge < -0.3 is 6.15 Å². The molecule has 2 unspecified atom stereocenters. The monoisotopic (exact) mass is 339 g/mol. The molecule has 3 N–H and O–H groups in total. The third-order valence-electron chi connectivity index (χ3n) is 3.12. The van der Waals surface area contributed by atoms with Gasteiger partial charge >= 0.3 is 0 Å². The molecule has 0 aliphatic carbocycles. The Kier molecular flexibility index (Phi) is 9.94. The zero-order valence-corrected chi connectivity index (χ0v) is 17.6. The summed E-state index contributed by atoms with van der Waals surface area (Å²) in [7, 11) is 0. The van der Waals surface area contributed by atoms with Crippen LogP contribution in [0, 0.1) is 22.7 Å². The van der Waals surface area contributed by atoms with Crippen LogP contribution < -0.4 is 6.15 Å². The van der Waals surface area contributed by atoms with Crippen LogP contribution in [0.15, 0.2) is 0 Å². The van der Waals surface area contributed by atoms with Crippen molar-refractivity contribution in [1.29, 1.82) is 0 Å². The fourth-order valence-corrected chi connectivity index (χ4v) is 8.82. The summed E-state index contributed by atoms with van der Waals surface area (Å²) < 4.78 is 0. The number of thiol groups is 1. The van der Waals surface area contributed by atoms with Crippen LogP contribution in [0.5, 0.6) is 0 Å². The summed E-state index contributed by atoms with van der Waals surface area (Å²) in [5.41, 5.74) is 0.805. The van der Waals surface area contributed by atoms with Crippen LogP contribution in [0.3, 0.4) is 0 Å². The fraction of sp³-hybridized carbons (Fsp3) is 1.00. The van der Waals surface area contributed by atoms with Gasteiger partial charge in [-0.15, -0.1) is 12.2 Å². The minimum Gasteiger partial charge on any atom is -0.344 e. The first kappa shape index (κ1) is 23.2. The second-order valence-electron chi connectivity index (χ2n) is 8.95. The molecule has 0 rings (SSSR count). The van der Waals surface area contributed by atoms with E-state index >= 15 is 0 Å². The van der Waals surface area contributed by atoms with Gasteiger partial charge in [-0.2, -0.15) is 0 Å². The first-order valence-corrected chi connectivity index (χ1v) is 11.8. The van der Waals surface area contributed by atoms with Crippen molar-refractivity contribution in [3.63, 3.8) is 0 Å². The Morgan fingerprint density at radius 2 is 1.10 bits per heavy atom. The molecule has 124 valence electrons. The van der Waals surface area contributed by atoms with Gasteiger partial charge in [0.1, 0.15) is 0 Å². The van der Waals surface area contributed by atoms with Gasteiger partial charge in [-0.1, -0.05) is 67.2 Å². The minimum atomic E-state index is -1.45. The smallest absolute Gasteiger partial charge is 0.00395 e. The highest BCUT2D eigenvalue weighted by atomic mass is 32.9. The van der Waals surface area contributed by atoms with E-state index in [0.717, 1.165) is 12.3 Å². The lowest BCUT2D eigenvalue weighted by Crippen LogP contribution is -2.17. The first-order valence-electron chi connectivity index (χ1n) is 7.51. The predicted octanol–water partition coefficient (Wildman–Crippen LogP) is 6.62. The van der Waals surface area contributed by atoms with E-state index in [0.29, 0.717) is 22.7 Å². The normalized spacial score (nSPS) is 18.9. The van der Waals surface area contributed by atoms with Gasteiger partial charge in [-0.05, 0) is 47.8 Å². The maximum atomic E-state index is 5.85. The van der Waals surface area contributed by atoms with Gasteiger partial charge in [0.25, 0.3) is 0 Å². The van der Waals surface area contributed by atoms with E-state index < -0.39 is 5.24 Å². The standard InChI is InChI=1S/C16H35PS2.H3N/c1-13(9-15(3,4)5)11-17(18,19)12-14(2)10-16(6,7)8;/h13-14H,9-12H2,1-8H3,(H,18,19);1H3. The van der Waals surface area contributed by atoms with E-state index in [1.807, 2.05) is 0 Å². The summed E-state index contributed by atoms with van der Waals surface area (Å²) >= 11 is 10.7. The lowest BCUT2D eigenvalue weighted by atomic mass is 9.86. The summed E-state index contributed by atoms with van der Waals surface area (Å²) in [6.45, 7) is 18.6. The van der Waals surface area contributed by atoms with Crippen LogP contribution in [-0.2, 0) is 11.8 Å². The summed E-state index contributed by atoms with van der Waals surface area (Å²) in [5, 5.41) is -1.45. The quantitative estimate of drug-likeness (QED) is 0.421. The molecule has 0 heterocycles. The molecule has 0 spiro atoms. The van der Waals surface area contributed by atoms with Crippen molar-refractivity contribution in [1.82, 2.24) is 6.15 Å². The number of hydrogen-bond donors (Lipinski definition) is 2. The Hall–Kier alpha value is 0.960. The molecular formula is C16H38NPS2. The van der Waals surface area contributed by atoms with E-state index in [4.69, 9.17) is 24.1 Å². The molecule has 0 aromatic rings. The lowest BCUT2D eigenvalue weighted by molar-refractivity contribution is 0.319. The van der Waals surface area contributed by atoms with Crippen molar-refractivity contribution in [2.45, 2.75) is 68.2 Å². The average molecular weight is 340 g/mol. The molecule has 0 aliphatic rings. The largest absolute Gasteiger partial charge is 0.344 e. The molecule has 0 saturated heterocycles. The zero-order valence-electron chi connectivity index (χ0n) is 15.0. The van der Waals surface area contributed by atoms with E-state index in [2.05, 4.69) is 55.4 Å². The Morgan fingerprint density at radius 3 is 1.30 bits per heavy atom. The molecular weight excluding hydrogens is 301 g/mol. The first-order chi connectivity index (χ1) is 8.20. The Balaban J connectivity index is 0. The highest BCUT2D eigenvalue weighted by Gasteiger charge is 2.24. The van der Waals surface area contributed by atoms with Crippen LogP contribution in [0.2, 0.25) is 0 Å². The molecule has 0 radical (unpaired) electrons. The van der Waals surface area contributed by atoms with Gasteiger partial charge in [-0.3, -0.25) is 0 Å². The molecule has 4 heteroatoms. The zero-order chi connectivity index (χ0) is 15.5. The van der Waals surface area contributed by atoms with Crippen molar-refractivity contribution in [3.8, 4) is 0 Å². The van der Waals surface area contributed by atoms with Crippen LogP contribution >= 0.6 is 17.5 Å². The number of hydrogen-bond acceptors (Lipinski definition) is 2. The van der Waals surface area contributed by atoms with Crippen molar-refractivity contribution < 1.29 is 0 Å². The maximum absolute atomic E-state index is 5.85. The summed E-state index contributed by atoms with van der Waals surface area (Å²) in [4.78, 5) is 0. The third kappa shape index (κ3) is 13.9. The molecule has 0 aromatic carbocycles. The molecule has 1 nitrogen and oxygen atoms in total. The van der Waals surface area contributed by atoms with Gasteiger partial charge in [0.15, 0.2) is 0 Å². The third-order valence-corrected chi connectivity index (χ3v) is 7.38. The topological polar surface area (TPSA) is 35.0 Å². The van der Waals surface area contributed by atoms with Gasteiger partial charge in [-0.25, -0.2) is 0 Å². The van der Waals surface area contributed by atoms with Gasteiger partial charge in [0.2, 0.25) is 0 Å². The second-order valence-corrected chi connectivity index (χ2v) is 16.6. The van der Waals surface area contributed by atoms with Crippen LogP contribution in [-0.4, -0.2) is 12.3 Å². The van der Waals surface area contributed by atoms with Crippen LogP contribution in [0.4, 0.5) is 0 Å². The Labute approximate surface area is 138 Å². The lowest BCUT2D eigenvalue weighted by Gasteiger charge is -2.30. The van der Waals surface area contributed by atoms with Crippen molar-refractivity contribution in [2.24, 2.45) is 22.7 Å². The van der Waals surface area contributed by atoms with Crippen molar-refractivity contribution in [2.75, 3.05) is 12.3 Å². The highest BCUT2D eigenvalue weighted by molar-refractivity contribution is 8.63. The molecule has 2 atom stereocenters. The summed E-state index contributed by atoms with van der Waals surface area (Å²) in [6, 6.07) is 0. The molecule has 0 fully saturated rings. The highest BCUT2D eigenvalue weighted by Crippen LogP contribution is 2.55. The molecule has 0 bridgehead atoms. The minimum absolute atomic E-state index is 0. The average Bonchev–Trinajstić information content (AvgIpc) is 1.89. The van der Waals surface area contributed by atoms with Gasteiger partial charge in [0.05, 0.1) is 0 Å². The molecule has 0 aliphatic heterocycles. The molecule has 20 heavy (non-hydrogen) atoms. The fourth-order valence-electron chi connectivity index (χ4n) is 3.27. The van der Waals surface area contributed by atoms with Crippen molar-refractivity contribution >= 4 is 29.3 Å². The Bertz CT molecular complexity index is 287. The van der Waals surface area contributed by atoms with E-state index in [1.54, 1.807) is 0 Å². The van der Waals surface area contributed by atoms with Crippen LogP contribution in [0.25, 0.3) is 0 Å². The molecule has 0 amide bonds. The SMILES string of the molecule is CC(CC(C)(C)C)CP(=S)(S)CC(C)CC(C)(C)C.N. The predicted molar refractivity (Wildman–Crippen MR) is 104 cm³/mol. The van der Waals surface area contributed by atoms with E-state index in [1.165, 1.54) is 12.8 Å². The number of rotatable bonds is 6. The van der Waals surface area contributed by atoms with Gasteiger partial charge in [0, 0.05) is 5.24 Å². The molecule has 0 saturated carbocycles. The van der Waals surface area contributed by atoms with E-state index in [9.17, 15) is 0 Å². The summed E-state index contributed by atoms with van der Waals surface area (Å²) in [5.74, 6) is 1.40. The second kappa shape index (κ2) is 8.56. The Morgan fingerprint density at radius 1 is 0.850 bits per heavy atom. The molecule has 0 aromatic heterocycles. The van der Waals surface area contributed by atoms with E-state index in [-0.39, 0.29) is 6.15 Å². The van der Waals surface area contributed by atoms with Crippen LogP contribution in [0.1, 0.15) is 68.2 Å². The summed E-state index contributed by atoms with van der Waals surface area (Å²) in [6.07, 6.45) is 4.80. The van der Waals surface area contributed by atoms with Crippen molar-refractivity contribution in [3.05, 3.63) is 0 Å².